The third-order valence-electron chi connectivity index (χ3n) is 4.89. The number of hydroxylamine groups is 1. The molecule has 1 aliphatic carbocycles. The minimum atomic E-state index is -0.559. The number of carbonyl (C=O) groups is 1. The number of rotatable bonds is 5. The summed E-state index contributed by atoms with van der Waals surface area (Å²) in [6.45, 7) is 2.10. The van der Waals surface area contributed by atoms with Crippen LogP contribution in [0, 0.1) is 0 Å². The van der Waals surface area contributed by atoms with Gasteiger partial charge in [-0.3, -0.25) is 10.0 Å². The molecule has 1 amide bonds. The van der Waals surface area contributed by atoms with Crippen LogP contribution in [0.2, 0.25) is 0 Å². The van der Waals surface area contributed by atoms with E-state index in [2.05, 4.69) is 11.9 Å². The lowest BCUT2D eigenvalue weighted by Crippen LogP contribution is -2.35. The van der Waals surface area contributed by atoms with Crippen LogP contribution in [0.15, 0.2) is 60.2 Å². The minimum absolute atomic E-state index is 0.242. The number of nitrogens with zero attached hydrogens (tertiary/aromatic N) is 1. The number of hydrogen-bond donors (Lipinski definition) is 2. The quantitative estimate of drug-likeness (QED) is 0.630. The van der Waals surface area contributed by atoms with E-state index < -0.39 is 11.8 Å². The Hall–Kier alpha value is -2.37. The summed E-state index contributed by atoms with van der Waals surface area (Å²) in [6.07, 6.45) is 12.9. The Morgan fingerprint density at radius 1 is 1.23 bits per heavy atom. The Labute approximate surface area is 154 Å². The van der Waals surface area contributed by atoms with Crippen molar-refractivity contribution in [3.63, 3.8) is 0 Å². The number of likely N-dealkylation sites (tertiary alicyclic amines) is 1. The van der Waals surface area contributed by atoms with E-state index in [-0.39, 0.29) is 6.10 Å². The second-order valence-electron chi connectivity index (χ2n) is 6.83. The molecule has 1 aliphatic heterocycles. The molecular weight excluding hydrogens is 328 g/mol. The van der Waals surface area contributed by atoms with Gasteiger partial charge in [0.05, 0.1) is 5.92 Å². The first-order chi connectivity index (χ1) is 12.7. The summed E-state index contributed by atoms with van der Waals surface area (Å²) in [5.74, 6) is -0.187. The maximum Gasteiger partial charge on any atom is 0.255 e. The lowest BCUT2D eigenvalue weighted by molar-refractivity contribution is -0.129. The standard InChI is InChI=1S/C21H26N2O3/c1-23-14-12-19(13-15-23)26-18-10-8-17(9-11-18)20(21(24)22-25)16-6-4-2-3-5-7-16/h2,4-11,19-20,25H,3,12-15H2,1H3,(H,22,24). The van der Waals surface area contributed by atoms with Crippen molar-refractivity contribution in [2.75, 3.05) is 20.1 Å². The van der Waals surface area contributed by atoms with Gasteiger partial charge in [-0.25, -0.2) is 5.48 Å². The maximum absolute atomic E-state index is 12.3. The van der Waals surface area contributed by atoms with Crippen molar-refractivity contribution >= 4 is 5.91 Å². The summed E-state index contributed by atoms with van der Waals surface area (Å²) in [4.78, 5) is 14.6. The first-order valence-electron chi connectivity index (χ1n) is 9.09. The van der Waals surface area contributed by atoms with Crippen molar-refractivity contribution in [1.82, 2.24) is 10.4 Å². The average molecular weight is 354 g/mol. The molecule has 0 spiro atoms. The van der Waals surface area contributed by atoms with Gasteiger partial charge in [0.2, 0.25) is 0 Å². The van der Waals surface area contributed by atoms with Gasteiger partial charge in [-0.1, -0.05) is 42.5 Å². The fourth-order valence-electron chi connectivity index (χ4n) is 3.38. The van der Waals surface area contributed by atoms with Crippen LogP contribution in [0.1, 0.15) is 30.7 Å². The van der Waals surface area contributed by atoms with Gasteiger partial charge in [-0.2, -0.15) is 0 Å². The molecule has 0 saturated carbocycles. The van der Waals surface area contributed by atoms with Gasteiger partial charge in [0, 0.05) is 13.1 Å². The summed E-state index contributed by atoms with van der Waals surface area (Å²) in [5, 5.41) is 9.16. The highest BCUT2D eigenvalue weighted by Crippen LogP contribution is 2.29. The molecule has 5 heteroatoms. The summed E-state index contributed by atoms with van der Waals surface area (Å²) in [7, 11) is 2.13. The Morgan fingerprint density at radius 3 is 2.65 bits per heavy atom. The molecule has 0 aromatic heterocycles. The second kappa shape index (κ2) is 8.83. The maximum atomic E-state index is 12.3. The van der Waals surface area contributed by atoms with Crippen molar-refractivity contribution < 1.29 is 14.7 Å². The highest BCUT2D eigenvalue weighted by atomic mass is 16.5. The van der Waals surface area contributed by atoms with Gasteiger partial charge in [-0.15, -0.1) is 0 Å². The van der Waals surface area contributed by atoms with Crippen LogP contribution in [0.25, 0.3) is 0 Å². The van der Waals surface area contributed by atoms with Crippen LogP contribution in [-0.2, 0) is 4.79 Å². The van der Waals surface area contributed by atoms with E-state index in [1.807, 2.05) is 54.6 Å². The molecule has 138 valence electrons. The zero-order valence-electron chi connectivity index (χ0n) is 15.1. The molecule has 1 aromatic rings. The van der Waals surface area contributed by atoms with Crippen molar-refractivity contribution in [1.29, 1.82) is 0 Å². The van der Waals surface area contributed by atoms with E-state index in [0.717, 1.165) is 49.2 Å². The third-order valence-corrected chi connectivity index (χ3v) is 4.89. The van der Waals surface area contributed by atoms with Crippen molar-refractivity contribution in [2.24, 2.45) is 0 Å². The Morgan fingerprint density at radius 2 is 1.96 bits per heavy atom. The number of carbonyl (C=O) groups excluding carboxylic acids is 1. The SMILES string of the molecule is CN1CCC(Oc2ccc(C(C(=O)NO)C3=CC=CCC=C3)cc2)CC1. The first kappa shape index (κ1) is 18.4. The molecule has 2 N–H and O–H groups in total. The van der Waals surface area contributed by atoms with Crippen LogP contribution < -0.4 is 10.2 Å². The summed E-state index contributed by atoms with van der Waals surface area (Å²) >= 11 is 0. The number of hydrogen-bond acceptors (Lipinski definition) is 4. The van der Waals surface area contributed by atoms with E-state index >= 15 is 0 Å². The lowest BCUT2D eigenvalue weighted by Gasteiger charge is -2.29. The molecule has 0 bridgehead atoms. The lowest BCUT2D eigenvalue weighted by atomic mass is 9.89. The van der Waals surface area contributed by atoms with Gasteiger partial charge >= 0.3 is 0 Å². The molecule has 1 unspecified atom stereocenters. The fourth-order valence-corrected chi connectivity index (χ4v) is 3.38. The molecule has 1 heterocycles. The monoisotopic (exact) mass is 354 g/mol. The van der Waals surface area contributed by atoms with Crippen LogP contribution >= 0.6 is 0 Å². The number of ether oxygens (including phenoxy) is 1. The topological polar surface area (TPSA) is 61.8 Å². The molecular formula is C21H26N2O3. The molecule has 3 rings (SSSR count). The molecule has 2 aliphatic rings. The average Bonchev–Trinajstić information content (AvgIpc) is 2.94. The first-order valence-corrected chi connectivity index (χ1v) is 9.09. The number of benzene rings is 1. The van der Waals surface area contributed by atoms with E-state index in [4.69, 9.17) is 9.94 Å². The normalized spacial score (nSPS) is 19.5. The van der Waals surface area contributed by atoms with Crippen LogP contribution in [0.3, 0.4) is 0 Å². The Bertz CT molecular complexity index is 698. The molecule has 26 heavy (non-hydrogen) atoms. The number of nitrogens with one attached hydrogen (secondary N) is 1. The molecule has 1 atom stereocenters. The smallest absolute Gasteiger partial charge is 0.255 e. The summed E-state index contributed by atoms with van der Waals surface area (Å²) in [5.41, 5.74) is 3.45. The van der Waals surface area contributed by atoms with Gasteiger partial charge in [0.25, 0.3) is 5.91 Å². The van der Waals surface area contributed by atoms with E-state index in [9.17, 15) is 4.79 Å². The van der Waals surface area contributed by atoms with Crippen LogP contribution in [0.4, 0.5) is 0 Å². The molecule has 1 aromatic carbocycles. The van der Waals surface area contributed by atoms with E-state index in [1.165, 1.54) is 0 Å². The highest BCUT2D eigenvalue weighted by Gasteiger charge is 2.24. The van der Waals surface area contributed by atoms with Gasteiger partial charge in [0.1, 0.15) is 11.9 Å². The summed E-state index contributed by atoms with van der Waals surface area (Å²) in [6, 6.07) is 7.60. The van der Waals surface area contributed by atoms with E-state index in [1.54, 1.807) is 5.48 Å². The largest absolute Gasteiger partial charge is 0.490 e. The minimum Gasteiger partial charge on any atom is -0.490 e. The van der Waals surface area contributed by atoms with Crippen LogP contribution in [0.5, 0.6) is 5.75 Å². The Kier molecular flexibility index (Phi) is 6.26. The zero-order valence-corrected chi connectivity index (χ0v) is 15.1. The predicted octanol–water partition coefficient (Wildman–Crippen LogP) is 3.19. The summed E-state index contributed by atoms with van der Waals surface area (Å²) < 4.78 is 6.07. The fraction of sp³-hybridized carbons (Fsp3) is 0.381. The third kappa shape index (κ3) is 4.62. The second-order valence-corrected chi connectivity index (χ2v) is 6.83. The number of amides is 1. The molecule has 5 nitrogen and oxygen atoms in total. The van der Waals surface area contributed by atoms with Crippen molar-refractivity contribution in [3.8, 4) is 5.75 Å². The van der Waals surface area contributed by atoms with Gasteiger partial charge < -0.3 is 9.64 Å². The molecule has 0 radical (unpaired) electrons. The van der Waals surface area contributed by atoms with Crippen LogP contribution in [-0.4, -0.2) is 42.3 Å². The van der Waals surface area contributed by atoms with Crippen molar-refractivity contribution in [2.45, 2.75) is 31.3 Å². The Balaban J connectivity index is 1.74. The predicted molar refractivity (Wildman–Crippen MR) is 101 cm³/mol. The number of piperidine rings is 1. The zero-order chi connectivity index (χ0) is 18.4. The van der Waals surface area contributed by atoms with Gasteiger partial charge in [-0.05, 0) is 49.6 Å². The van der Waals surface area contributed by atoms with Gasteiger partial charge in [0.15, 0.2) is 0 Å². The number of allylic oxidation sites excluding steroid dienone is 5. The van der Waals surface area contributed by atoms with E-state index in [0.29, 0.717) is 0 Å². The molecule has 1 saturated heterocycles. The van der Waals surface area contributed by atoms with Crippen molar-refractivity contribution in [3.05, 3.63) is 65.8 Å². The molecule has 1 fully saturated rings. The highest BCUT2D eigenvalue weighted by molar-refractivity contribution is 5.87.